The monoisotopic (exact) mass is 706 g/mol. The van der Waals surface area contributed by atoms with Gasteiger partial charge in [0.05, 0.1) is 0 Å². The van der Waals surface area contributed by atoms with Gasteiger partial charge in [-0.2, -0.15) is 0 Å². The predicted octanol–water partition coefficient (Wildman–Crippen LogP) is -0.0506. The van der Waals surface area contributed by atoms with Crippen LogP contribution < -0.4 is 0 Å². The minimum atomic E-state index is -1.84. The van der Waals surface area contributed by atoms with Crippen LogP contribution in [0.15, 0.2) is 0 Å². The molecule has 0 aromatic rings. The van der Waals surface area contributed by atoms with Gasteiger partial charge in [-0.05, 0) is 0 Å². The van der Waals surface area contributed by atoms with Crippen molar-refractivity contribution in [1.29, 1.82) is 0 Å². The first-order valence-electron chi connectivity index (χ1n) is 15.3. The van der Waals surface area contributed by atoms with Crippen molar-refractivity contribution in [2.75, 3.05) is 13.2 Å². The Labute approximate surface area is 281 Å². The molecule has 2 fully saturated rings. The zero-order valence-electron chi connectivity index (χ0n) is 28.4. The molecule has 276 valence electrons. The van der Waals surface area contributed by atoms with Crippen molar-refractivity contribution in [2.24, 2.45) is 0 Å². The molecule has 19 heteroatoms. The van der Waals surface area contributed by atoms with Gasteiger partial charge in [-0.25, -0.2) is 0 Å². The summed E-state index contributed by atoms with van der Waals surface area (Å²) >= 11 is 0. The number of hydrogen-bond donors (Lipinski definition) is 0. The first kappa shape index (κ1) is 40.8. The van der Waals surface area contributed by atoms with E-state index in [1.165, 1.54) is 13.8 Å². The average Bonchev–Trinajstić information content (AvgIpc) is 2.99. The Bertz CT molecular complexity index is 1230. The van der Waals surface area contributed by atoms with E-state index in [1.807, 2.05) is 0 Å². The summed E-state index contributed by atoms with van der Waals surface area (Å²) in [6.07, 6.45) is -16.6. The molecule has 2 aliphatic heterocycles. The third kappa shape index (κ3) is 12.6. The Balaban J connectivity index is 2.72. The molecule has 10 atom stereocenters. The second-order valence-electron chi connectivity index (χ2n) is 10.7. The van der Waals surface area contributed by atoms with Crippen LogP contribution >= 0.6 is 0 Å². The number of carbonyl (C=O) groups excluding carboxylic acids is 8. The van der Waals surface area contributed by atoms with Gasteiger partial charge in [0.2, 0.25) is 12.6 Å². The summed E-state index contributed by atoms with van der Waals surface area (Å²) in [7, 11) is 0. The maximum atomic E-state index is 12.6. The Kier molecular flexibility index (Phi) is 15.8. The van der Waals surface area contributed by atoms with Gasteiger partial charge in [-0.3, -0.25) is 38.4 Å². The van der Waals surface area contributed by atoms with E-state index < -0.39 is 122 Å². The van der Waals surface area contributed by atoms with Crippen LogP contribution in [-0.4, -0.2) is 122 Å². The van der Waals surface area contributed by atoms with E-state index in [0.29, 0.717) is 0 Å². The van der Waals surface area contributed by atoms with Crippen LogP contribution in [0.25, 0.3) is 0 Å². The van der Waals surface area contributed by atoms with Crippen molar-refractivity contribution < 1.29 is 90.5 Å². The fourth-order valence-corrected chi connectivity index (χ4v) is 4.82. The summed E-state index contributed by atoms with van der Waals surface area (Å²) in [5.74, 6) is -6.77. The molecule has 0 unspecified atom stereocenters. The quantitative estimate of drug-likeness (QED) is 0.170. The van der Waals surface area contributed by atoms with Crippen molar-refractivity contribution in [3.8, 4) is 0 Å². The van der Waals surface area contributed by atoms with Gasteiger partial charge in [-0.1, -0.05) is 13.8 Å². The molecular formula is C30H42O19. The second-order valence-corrected chi connectivity index (χ2v) is 10.7. The van der Waals surface area contributed by atoms with Crippen LogP contribution in [0.1, 0.15) is 68.2 Å². The maximum absolute atomic E-state index is 12.6. The first-order chi connectivity index (χ1) is 23.0. The molecule has 49 heavy (non-hydrogen) atoms. The highest BCUT2D eigenvalue weighted by Crippen LogP contribution is 2.35. The summed E-state index contributed by atoms with van der Waals surface area (Å²) in [5, 5.41) is 0. The highest BCUT2D eigenvalue weighted by Gasteiger charge is 2.57. The molecule has 0 radical (unpaired) electrons. The molecule has 0 aliphatic carbocycles. The molecule has 2 rings (SSSR count). The SMILES string of the molecule is CCC(=O)O[C@@H]1[C@@H](OC(C)=O)[C@@H](O[C@H]2O[C@H](COC(C)=O)[C@@H](OC(C)=O)[C@H](OC(C)=O)[C@H]2OC(C)=O)O[C@H](COC(C)=O)[C@H]1OC(=O)CC. The van der Waals surface area contributed by atoms with Gasteiger partial charge >= 0.3 is 47.8 Å². The lowest BCUT2D eigenvalue weighted by atomic mass is 9.96. The van der Waals surface area contributed by atoms with Crippen molar-refractivity contribution in [3.63, 3.8) is 0 Å². The fraction of sp³-hybridized carbons (Fsp3) is 0.733. The number of esters is 8. The molecular weight excluding hydrogens is 664 g/mol. The lowest BCUT2D eigenvalue weighted by molar-refractivity contribution is -0.377. The van der Waals surface area contributed by atoms with Crippen LogP contribution in [-0.2, 0) is 90.5 Å². The third-order valence-corrected chi connectivity index (χ3v) is 6.67. The van der Waals surface area contributed by atoms with E-state index in [9.17, 15) is 38.4 Å². The highest BCUT2D eigenvalue weighted by molar-refractivity contribution is 5.71. The zero-order valence-corrected chi connectivity index (χ0v) is 28.4. The summed E-state index contributed by atoms with van der Waals surface area (Å²) in [6, 6.07) is 0. The number of carbonyl (C=O) groups is 8. The number of hydrogen-bond acceptors (Lipinski definition) is 19. The van der Waals surface area contributed by atoms with Crippen LogP contribution in [0.5, 0.6) is 0 Å². The lowest BCUT2D eigenvalue weighted by Crippen LogP contribution is -2.67. The van der Waals surface area contributed by atoms with Gasteiger partial charge in [0.1, 0.15) is 25.4 Å². The lowest BCUT2D eigenvalue weighted by Gasteiger charge is -2.48. The fourth-order valence-electron chi connectivity index (χ4n) is 4.82. The molecule has 0 N–H and O–H groups in total. The Morgan fingerprint density at radius 2 is 0.735 bits per heavy atom. The van der Waals surface area contributed by atoms with Crippen LogP contribution in [0.2, 0.25) is 0 Å². The van der Waals surface area contributed by atoms with Gasteiger partial charge in [0, 0.05) is 54.4 Å². The standard InChI is InChI=1S/C30H42O19/c1-9-21(37)47-24-20(12-40-14(4)32)46-30(28(44-18(8)36)26(24)48-22(38)10-2)49-29-27(43-17(7)35)25(42-16(6)34)23(41-15(5)33)19(45-29)11-39-13(3)31/h19-20,23-30H,9-12H2,1-8H3/t19-,20-,23-,24-,25+,26+,27-,28-,29-,30-/m1/s1. The normalized spacial score (nSPS) is 29.3. The van der Waals surface area contributed by atoms with Gasteiger partial charge in [0.15, 0.2) is 36.6 Å². The average molecular weight is 707 g/mol. The molecule has 0 amide bonds. The number of ether oxygens (including phenoxy) is 11. The van der Waals surface area contributed by atoms with Crippen molar-refractivity contribution in [1.82, 2.24) is 0 Å². The molecule has 0 bridgehead atoms. The Morgan fingerprint density at radius 1 is 0.429 bits per heavy atom. The van der Waals surface area contributed by atoms with Crippen molar-refractivity contribution >= 4 is 47.8 Å². The van der Waals surface area contributed by atoms with E-state index in [-0.39, 0.29) is 12.8 Å². The molecule has 0 aromatic carbocycles. The third-order valence-electron chi connectivity index (χ3n) is 6.67. The van der Waals surface area contributed by atoms with Gasteiger partial charge in [-0.15, -0.1) is 0 Å². The van der Waals surface area contributed by atoms with Crippen molar-refractivity contribution in [3.05, 3.63) is 0 Å². The van der Waals surface area contributed by atoms with Gasteiger partial charge in [0.25, 0.3) is 0 Å². The Morgan fingerprint density at radius 3 is 1.08 bits per heavy atom. The van der Waals surface area contributed by atoms with E-state index in [4.69, 9.17) is 52.1 Å². The largest absolute Gasteiger partial charge is 0.463 e. The zero-order chi connectivity index (χ0) is 37.0. The van der Waals surface area contributed by atoms with E-state index in [0.717, 1.165) is 41.5 Å². The molecule has 0 aromatic heterocycles. The molecule has 2 aliphatic rings. The minimum absolute atomic E-state index is 0.131. The van der Waals surface area contributed by atoms with E-state index >= 15 is 0 Å². The Hall–Kier alpha value is -4.36. The second kappa shape index (κ2) is 19.0. The van der Waals surface area contributed by atoms with E-state index in [1.54, 1.807) is 0 Å². The molecule has 0 saturated carbocycles. The summed E-state index contributed by atoms with van der Waals surface area (Å²) in [6.45, 7) is 8.06. The number of rotatable bonds is 14. The topological polar surface area (TPSA) is 238 Å². The van der Waals surface area contributed by atoms with Crippen LogP contribution in [0.4, 0.5) is 0 Å². The molecule has 19 nitrogen and oxygen atoms in total. The summed E-state index contributed by atoms with van der Waals surface area (Å²) in [4.78, 5) is 97.5. The van der Waals surface area contributed by atoms with E-state index in [2.05, 4.69) is 0 Å². The van der Waals surface area contributed by atoms with Crippen LogP contribution in [0.3, 0.4) is 0 Å². The highest BCUT2D eigenvalue weighted by atomic mass is 16.8. The molecule has 0 spiro atoms. The molecule has 2 heterocycles. The summed E-state index contributed by atoms with van der Waals surface area (Å²) < 4.78 is 60.9. The van der Waals surface area contributed by atoms with Gasteiger partial charge < -0.3 is 52.1 Å². The van der Waals surface area contributed by atoms with Crippen molar-refractivity contribution in [2.45, 2.75) is 130 Å². The first-order valence-corrected chi connectivity index (χ1v) is 15.3. The maximum Gasteiger partial charge on any atom is 0.306 e. The smallest absolute Gasteiger partial charge is 0.306 e. The minimum Gasteiger partial charge on any atom is -0.463 e. The summed E-state index contributed by atoms with van der Waals surface area (Å²) in [5.41, 5.74) is 0. The predicted molar refractivity (Wildman–Crippen MR) is 154 cm³/mol. The van der Waals surface area contributed by atoms with Crippen LogP contribution in [0, 0.1) is 0 Å². The molecule has 2 saturated heterocycles.